The molecule has 0 saturated heterocycles. The molecule has 3 heteroatoms. The molecule has 0 amide bonds. The van der Waals surface area contributed by atoms with Gasteiger partial charge in [-0.1, -0.05) is 83.0 Å². The molecule has 0 bridgehead atoms. The summed E-state index contributed by atoms with van der Waals surface area (Å²) in [5, 5.41) is 1.36. The summed E-state index contributed by atoms with van der Waals surface area (Å²) >= 11 is 0. The van der Waals surface area contributed by atoms with Gasteiger partial charge in [0.05, 0.1) is 5.54 Å². The first-order chi connectivity index (χ1) is 14.6. The Balaban J connectivity index is 0.00000289. The first-order valence-electron chi connectivity index (χ1n) is 11.8. The van der Waals surface area contributed by atoms with Gasteiger partial charge in [0.1, 0.15) is 0 Å². The van der Waals surface area contributed by atoms with E-state index >= 15 is 0 Å². The van der Waals surface area contributed by atoms with Gasteiger partial charge in [-0.2, -0.15) is 5.41 Å². The van der Waals surface area contributed by atoms with E-state index in [1.165, 1.54) is 38.9 Å². The predicted octanol–water partition coefficient (Wildman–Crippen LogP) is 8.29. The fourth-order valence-corrected chi connectivity index (χ4v) is 5.45. The van der Waals surface area contributed by atoms with Crippen molar-refractivity contribution in [3.63, 3.8) is 0 Å². The maximum atomic E-state index is 4.07. The quantitative estimate of drug-likeness (QED) is 0.180. The predicted molar refractivity (Wildman–Crippen MR) is 146 cm³/mol. The maximum Gasteiger partial charge on any atom is 0.0643 e. The van der Waals surface area contributed by atoms with E-state index in [9.17, 15) is 0 Å². The Morgan fingerprint density at radius 3 is 1.76 bits per heavy atom. The van der Waals surface area contributed by atoms with Gasteiger partial charge in [-0.3, -0.25) is 6.58 Å². The van der Waals surface area contributed by atoms with E-state index in [1.54, 1.807) is 0 Å². The standard InChI is InChI=1S/C31H42N.K.U/c1-13-28(5,6)31(11,12)29(7,8)27-23(4)32(26-19-16-22(3)20-25(26)27)30(9,10)24-17-14-21(2)15-18-24;;/h14-20H,1H2,2-12H3;;/q-1;;. The van der Waals surface area contributed by atoms with Crippen LogP contribution in [0.2, 0.25) is 0 Å². The van der Waals surface area contributed by atoms with Gasteiger partial charge in [0, 0.05) is 99.1 Å². The summed E-state index contributed by atoms with van der Waals surface area (Å²) in [7, 11) is 0. The summed E-state index contributed by atoms with van der Waals surface area (Å²) in [5.74, 6) is 0. The van der Waals surface area contributed by atoms with Gasteiger partial charge < -0.3 is 10.6 Å². The van der Waals surface area contributed by atoms with Crippen molar-refractivity contribution in [3.05, 3.63) is 83.1 Å². The number of aromatic nitrogens is 1. The molecule has 177 valence electrons. The van der Waals surface area contributed by atoms with Crippen LogP contribution in [-0.4, -0.2) is 56.0 Å². The zero-order valence-electron chi connectivity index (χ0n) is 23.7. The second-order valence-corrected chi connectivity index (χ2v) is 11.8. The van der Waals surface area contributed by atoms with Crippen LogP contribution in [0.5, 0.6) is 0 Å². The van der Waals surface area contributed by atoms with Crippen molar-refractivity contribution in [2.75, 3.05) is 0 Å². The molecule has 34 heavy (non-hydrogen) atoms. The molecule has 0 fully saturated rings. The van der Waals surface area contributed by atoms with E-state index in [4.69, 9.17) is 0 Å². The number of fused-ring (bicyclic) bond motifs is 1. The summed E-state index contributed by atoms with van der Waals surface area (Å²) in [5.41, 5.74) is 7.50. The van der Waals surface area contributed by atoms with Crippen molar-refractivity contribution in [1.29, 1.82) is 0 Å². The largest absolute Gasteiger partial charge is 0.498 e. The Morgan fingerprint density at radius 1 is 0.765 bits per heavy atom. The van der Waals surface area contributed by atoms with Gasteiger partial charge in [-0.25, -0.2) is 0 Å². The SMILES string of the molecule is C=[C-]C(C)(C)C(C)(C)C(C)(C)c1c(C)n(C(C)(C)c2ccc(C)cc2)c2ccc(C)cc12.[K].[U]. The fraction of sp³-hybridized carbons (Fsp3) is 0.484. The number of aryl methyl sites for hydroxylation is 2. The van der Waals surface area contributed by atoms with Crippen LogP contribution >= 0.6 is 0 Å². The monoisotopic (exact) mass is 705 g/mol. The van der Waals surface area contributed by atoms with E-state index in [0.29, 0.717) is 0 Å². The normalized spacial score (nSPS) is 12.8. The average Bonchev–Trinajstić information content (AvgIpc) is 3.00. The minimum absolute atomic E-state index is 0. The molecule has 1 radical (unpaired) electrons. The molecule has 0 atom stereocenters. The third-order valence-corrected chi connectivity index (χ3v) is 8.87. The summed E-state index contributed by atoms with van der Waals surface area (Å²) in [4.78, 5) is 0. The van der Waals surface area contributed by atoms with Crippen LogP contribution in [0.4, 0.5) is 0 Å². The van der Waals surface area contributed by atoms with E-state index in [-0.39, 0.29) is 104 Å². The number of hydrogen-bond acceptors (Lipinski definition) is 0. The molecule has 1 aromatic heterocycles. The number of rotatable bonds is 6. The molecule has 0 aliphatic rings. The van der Waals surface area contributed by atoms with Crippen LogP contribution in [0.1, 0.15) is 83.3 Å². The van der Waals surface area contributed by atoms with Gasteiger partial charge >= 0.3 is 0 Å². The topological polar surface area (TPSA) is 4.93 Å². The van der Waals surface area contributed by atoms with Crippen molar-refractivity contribution in [1.82, 2.24) is 4.57 Å². The smallest absolute Gasteiger partial charge is 0.0643 e. The zero-order chi connectivity index (χ0) is 24.3. The van der Waals surface area contributed by atoms with Gasteiger partial charge in [-0.15, -0.1) is 0 Å². The Hall–Kier alpha value is 0.408. The van der Waals surface area contributed by atoms with E-state index in [0.717, 1.165) is 0 Å². The Kier molecular flexibility index (Phi) is 10.5. The molecule has 0 unspecified atom stereocenters. The minimum atomic E-state index is -0.177. The first kappa shape index (κ1) is 32.4. The van der Waals surface area contributed by atoms with E-state index in [2.05, 4.69) is 136 Å². The summed E-state index contributed by atoms with van der Waals surface area (Å²) < 4.78 is 2.56. The average molecular weight is 706 g/mol. The third-order valence-electron chi connectivity index (χ3n) is 8.87. The van der Waals surface area contributed by atoms with Crippen LogP contribution in [0, 0.1) is 68.8 Å². The van der Waals surface area contributed by atoms with Crippen molar-refractivity contribution in [3.8, 4) is 0 Å². The second-order valence-electron chi connectivity index (χ2n) is 11.8. The van der Waals surface area contributed by atoms with Crippen molar-refractivity contribution in [2.24, 2.45) is 10.8 Å². The zero-order valence-corrected chi connectivity index (χ0v) is 31.0. The van der Waals surface area contributed by atoms with E-state index in [1.807, 2.05) is 0 Å². The molecular weight excluding hydrogens is 663 g/mol. The summed E-state index contributed by atoms with van der Waals surface area (Å²) in [6, 6.07) is 15.9. The molecule has 0 saturated carbocycles. The van der Waals surface area contributed by atoms with Crippen molar-refractivity contribution < 1.29 is 31.1 Å². The van der Waals surface area contributed by atoms with Gasteiger partial charge in [-0.05, 0) is 68.7 Å². The van der Waals surface area contributed by atoms with Gasteiger partial charge in [0.15, 0.2) is 0 Å². The number of nitrogens with zero attached hydrogens (tertiary/aromatic N) is 1. The Morgan fingerprint density at radius 2 is 1.26 bits per heavy atom. The molecular formula is C31H42KNU-. The summed E-state index contributed by atoms with van der Waals surface area (Å²) in [6.45, 7) is 29.5. The molecule has 0 N–H and O–H groups in total. The second kappa shape index (κ2) is 11.0. The van der Waals surface area contributed by atoms with Crippen LogP contribution in [-0.2, 0) is 11.0 Å². The van der Waals surface area contributed by atoms with Crippen molar-refractivity contribution in [2.45, 2.75) is 87.1 Å². The first-order valence-corrected chi connectivity index (χ1v) is 11.8. The molecule has 0 aliphatic heterocycles. The summed E-state index contributed by atoms with van der Waals surface area (Å²) in [6.07, 6.45) is 3.35. The molecule has 3 rings (SSSR count). The molecule has 0 spiro atoms. The molecule has 1 nitrogen and oxygen atoms in total. The number of allylic oxidation sites excluding steroid dienone is 1. The Bertz CT molecular complexity index is 1160. The van der Waals surface area contributed by atoms with Gasteiger partial charge in [0.25, 0.3) is 0 Å². The number of hydrogen-bond donors (Lipinski definition) is 0. The van der Waals surface area contributed by atoms with Crippen LogP contribution in [0.25, 0.3) is 10.9 Å². The van der Waals surface area contributed by atoms with E-state index < -0.39 is 0 Å². The van der Waals surface area contributed by atoms with Crippen LogP contribution < -0.4 is 0 Å². The molecule has 2 aromatic carbocycles. The number of benzene rings is 2. The molecule has 0 aliphatic carbocycles. The molecule has 3 aromatic rings. The fourth-order valence-electron chi connectivity index (χ4n) is 5.45. The Labute approximate surface area is 275 Å². The maximum absolute atomic E-state index is 4.07. The molecule has 1 heterocycles. The van der Waals surface area contributed by atoms with Crippen molar-refractivity contribution >= 4 is 62.3 Å². The van der Waals surface area contributed by atoms with Gasteiger partial charge in [0.2, 0.25) is 0 Å². The van der Waals surface area contributed by atoms with Crippen LogP contribution in [0.15, 0.2) is 49.0 Å². The third kappa shape index (κ3) is 5.20. The van der Waals surface area contributed by atoms with Crippen LogP contribution in [0.3, 0.4) is 0 Å². The minimum Gasteiger partial charge on any atom is -0.498 e.